The van der Waals surface area contributed by atoms with Crippen LogP contribution >= 0.6 is 0 Å². The van der Waals surface area contributed by atoms with Crippen molar-refractivity contribution in [2.75, 3.05) is 13.7 Å². The molecule has 3 nitrogen and oxygen atoms in total. The van der Waals surface area contributed by atoms with Gasteiger partial charge in [-0.1, -0.05) is 41.6 Å². The minimum atomic E-state index is 0.865. The molecule has 0 atom stereocenters. The van der Waals surface area contributed by atoms with Crippen LogP contribution in [0.25, 0.3) is 0 Å². The summed E-state index contributed by atoms with van der Waals surface area (Å²) in [7, 11) is 1.57. The third kappa shape index (κ3) is 3.23. The van der Waals surface area contributed by atoms with Crippen LogP contribution in [0.1, 0.15) is 12.5 Å². The number of hydrogen-bond donors (Lipinski definition) is 0. The van der Waals surface area contributed by atoms with Crippen LogP contribution in [0.2, 0.25) is 0 Å². The second-order valence-electron chi connectivity index (χ2n) is 4.28. The van der Waals surface area contributed by atoms with E-state index < -0.39 is 0 Å². The third-order valence-corrected chi connectivity index (χ3v) is 2.89. The summed E-state index contributed by atoms with van der Waals surface area (Å²) < 4.78 is 0. The maximum atomic E-state index is 4.81. The zero-order valence-electron chi connectivity index (χ0n) is 10.8. The number of nitrogens with zero attached hydrogens (tertiary/aromatic N) is 2. The predicted molar refractivity (Wildman–Crippen MR) is 74.2 cm³/mol. The van der Waals surface area contributed by atoms with E-state index in [1.807, 2.05) is 13.0 Å². The van der Waals surface area contributed by atoms with Gasteiger partial charge in [0, 0.05) is 13.1 Å². The van der Waals surface area contributed by atoms with E-state index in [1.54, 1.807) is 7.11 Å². The van der Waals surface area contributed by atoms with Crippen molar-refractivity contribution in [1.82, 2.24) is 4.90 Å². The maximum absolute atomic E-state index is 4.81. The lowest BCUT2D eigenvalue weighted by atomic mass is 10.1. The topological polar surface area (TPSA) is 24.8 Å². The second kappa shape index (κ2) is 6.05. The molecular formula is C15H18N2O. The van der Waals surface area contributed by atoms with Crippen LogP contribution in [0.3, 0.4) is 0 Å². The highest BCUT2D eigenvalue weighted by Crippen LogP contribution is 2.13. The van der Waals surface area contributed by atoms with E-state index in [0.717, 1.165) is 18.8 Å². The van der Waals surface area contributed by atoms with Gasteiger partial charge in [-0.25, -0.2) is 0 Å². The summed E-state index contributed by atoms with van der Waals surface area (Å²) in [4.78, 5) is 7.08. The molecule has 2 rings (SSSR count). The maximum Gasteiger partial charge on any atom is 0.106 e. The Morgan fingerprint density at radius 3 is 2.83 bits per heavy atom. The molecule has 18 heavy (non-hydrogen) atoms. The predicted octanol–water partition coefficient (Wildman–Crippen LogP) is 2.96. The van der Waals surface area contributed by atoms with Gasteiger partial charge in [-0.3, -0.25) is 0 Å². The number of rotatable bonds is 4. The fourth-order valence-electron chi connectivity index (χ4n) is 1.96. The molecular weight excluding hydrogens is 224 g/mol. The molecule has 0 N–H and O–H groups in total. The normalized spacial score (nSPS) is 15.6. The zero-order valence-corrected chi connectivity index (χ0v) is 10.8. The summed E-state index contributed by atoms with van der Waals surface area (Å²) in [5.74, 6) is 0. The van der Waals surface area contributed by atoms with E-state index >= 15 is 0 Å². The molecule has 1 aliphatic heterocycles. The molecule has 0 amide bonds. The van der Waals surface area contributed by atoms with Gasteiger partial charge in [0.05, 0.1) is 5.71 Å². The van der Waals surface area contributed by atoms with Crippen molar-refractivity contribution < 1.29 is 4.84 Å². The lowest BCUT2D eigenvalue weighted by Crippen LogP contribution is -2.24. The Labute approximate surface area is 108 Å². The Balaban J connectivity index is 2.01. The van der Waals surface area contributed by atoms with Crippen LogP contribution in [-0.2, 0) is 11.4 Å². The van der Waals surface area contributed by atoms with Crippen molar-refractivity contribution in [2.45, 2.75) is 13.5 Å². The van der Waals surface area contributed by atoms with E-state index in [2.05, 4.69) is 52.7 Å². The minimum Gasteiger partial charge on any atom is -0.399 e. The summed E-state index contributed by atoms with van der Waals surface area (Å²) in [6.45, 7) is 3.74. The number of hydrogen-bond acceptors (Lipinski definition) is 3. The van der Waals surface area contributed by atoms with E-state index in [-0.39, 0.29) is 0 Å². The van der Waals surface area contributed by atoms with Gasteiger partial charge in [-0.15, -0.1) is 0 Å². The quantitative estimate of drug-likeness (QED) is 0.599. The Morgan fingerprint density at radius 2 is 2.11 bits per heavy atom. The molecule has 0 bridgehead atoms. The van der Waals surface area contributed by atoms with Gasteiger partial charge in [0.1, 0.15) is 7.11 Å². The van der Waals surface area contributed by atoms with E-state index in [1.165, 1.54) is 11.1 Å². The van der Waals surface area contributed by atoms with Gasteiger partial charge in [-0.05, 0) is 30.3 Å². The molecule has 0 aliphatic carbocycles. The van der Waals surface area contributed by atoms with Crippen molar-refractivity contribution in [1.29, 1.82) is 0 Å². The lowest BCUT2D eigenvalue weighted by molar-refractivity contribution is 0.213. The van der Waals surface area contributed by atoms with Gasteiger partial charge < -0.3 is 9.74 Å². The molecule has 1 aromatic carbocycles. The smallest absolute Gasteiger partial charge is 0.106 e. The van der Waals surface area contributed by atoms with E-state index in [9.17, 15) is 0 Å². The minimum absolute atomic E-state index is 0.865. The highest BCUT2D eigenvalue weighted by Gasteiger charge is 2.10. The Morgan fingerprint density at radius 1 is 1.33 bits per heavy atom. The first kappa shape index (κ1) is 12.4. The van der Waals surface area contributed by atoms with Crippen LogP contribution < -0.4 is 0 Å². The molecule has 0 aromatic heterocycles. The third-order valence-electron chi connectivity index (χ3n) is 2.89. The van der Waals surface area contributed by atoms with Gasteiger partial charge in [0.2, 0.25) is 0 Å². The SMILES string of the molecule is CON=C(C)C1=CC=CN(Cc2ccccc2)C1. The Bertz CT molecular complexity index is 475. The molecule has 94 valence electrons. The van der Waals surface area contributed by atoms with Gasteiger partial charge in [0.25, 0.3) is 0 Å². The molecule has 0 saturated heterocycles. The molecule has 1 aliphatic rings. The van der Waals surface area contributed by atoms with Crippen molar-refractivity contribution >= 4 is 5.71 Å². The monoisotopic (exact) mass is 242 g/mol. The van der Waals surface area contributed by atoms with Crippen molar-refractivity contribution in [3.8, 4) is 0 Å². The number of oxime groups is 1. The number of benzene rings is 1. The molecule has 1 heterocycles. The average Bonchev–Trinajstić information content (AvgIpc) is 2.40. The Kier molecular flexibility index (Phi) is 4.18. The van der Waals surface area contributed by atoms with Gasteiger partial charge in [-0.2, -0.15) is 0 Å². The lowest BCUT2D eigenvalue weighted by Gasteiger charge is -2.24. The standard InChI is InChI=1S/C15H18N2O/c1-13(16-18-2)15-9-6-10-17(12-15)11-14-7-4-3-5-8-14/h3-10H,11-12H2,1-2H3. The molecule has 0 radical (unpaired) electrons. The van der Waals surface area contributed by atoms with Crippen molar-refractivity contribution in [2.24, 2.45) is 5.16 Å². The summed E-state index contributed by atoms with van der Waals surface area (Å²) in [5, 5.41) is 3.98. The summed E-state index contributed by atoms with van der Waals surface area (Å²) in [6.07, 6.45) is 6.24. The van der Waals surface area contributed by atoms with Crippen molar-refractivity contribution in [3.63, 3.8) is 0 Å². The summed E-state index contributed by atoms with van der Waals surface area (Å²) in [6, 6.07) is 10.5. The second-order valence-corrected chi connectivity index (χ2v) is 4.28. The largest absolute Gasteiger partial charge is 0.399 e. The van der Waals surface area contributed by atoms with Crippen LogP contribution in [0.15, 0.2) is 59.4 Å². The van der Waals surface area contributed by atoms with E-state index in [0.29, 0.717) is 0 Å². The number of allylic oxidation sites excluding steroid dienone is 2. The van der Waals surface area contributed by atoms with Crippen LogP contribution in [0, 0.1) is 0 Å². The molecule has 0 saturated carbocycles. The molecule has 0 unspecified atom stereocenters. The molecule has 0 fully saturated rings. The fourth-order valence-corrected chi connectivity index (χ4v) is 1.96. The summed E-state index contributed by atoms with van der Waals surface area (Å²) >= 11 is 0. The summed E-state index contributed by atoms with van der Waals surface area (Å²) in [5.41, 5.74) is 3.43. The average molecular weight is 242 g/mol. The van der Waals surface area contributed by atoms with Crippen molar-refractivity contribution in [3.05, 3.63) is 59.8 Å². The first-order valence-corrected chi connectivity index (χ1v) is 6.03. The first-order chi connectivity index (χ1) is 8.79. The zero-order chi connectivity index (χ0) is 12.8. The van der Waals surface area contributed by atoms with Gasteiger partial charge in [0.15, 0.2) is 0 Å². The highest BCUT2D eigenvalue weighted by atomic mass is 16.6. The first-order valence-electron chi connectivity index (χ1n) is 6.03. The molecule has 1 aromatic rings. The van der Waals surface area contributed by atoms with E-state index in [4.69, 9.17) is 4.84 Å². The Hall–Kier alpha value is -2.03. The molecule has 3 heteroatoms. The fraction of sp³-hybridized carbons (Fsp3) is 0.267. The molecule has 0 spiro atoms. The van der Waals surface area contributed by atoms with Crippen LogP contribution in [-0.4, -0.2) is 24.3 Å². The highest BCUT2D eigenvalue weighted by molar-refractivity contribution is 5.98. The van der Waals surface area contributed by atoms with Gasteiger partial charge >= 0.3 is 0 Å². The van der Waals surface area contributed by atoms with Crippen LogP contribution in [0.4, 0.5) is 0 Å². The van der Waals surface area contributed by atoms with Crippen LogP contribution in [0.5, 0.6) is 0 Å².